The van der Waals surface area contributed by atoms with E-state index in [-0.39, 0.29) is 0 Å². The molecule has 6 bridgehead atoms. The first kappa shape index (κ1) is 20.6. The third-order valence-corrected chi connectivity index (χ3v) is 12.6. The average Bonchev–Trinajstić information content (AvgIpc) is 3.59. The molecule has 0 nitrogen and oxygen atoms in total. The first-order valence-corrected chi connectivity index (χ1v) is 14.6. The van der Waals surface area contributed by atoms with Gasteiger partial charge in [-0.3, -0.25) is 0 Å². The number of fused-ring (bicyclic) bond motifs is 15. The zero-order valence-electron chi connectivity index (χ0n) is 20.7. The standard InChI is InChI=1S/2C11H16.C10H14/c2*1-11-6-5-8(7-11)9-3-2-4-10(9)11;1-2-9-7-4-5-8(6-7)10(9)3-1/h2*5-6,8-10H,2-4,7H2,1H3;4-5,7-10H,1-3,6H2. The summed E-state index contributed by atoms with van der Waals surface area (Å²) in [5.41, 5.74) is 1.26. The summed E-state index contributed by atoms with van der Waals surface area (Å²) in [4.78, 5) is 0. The van der Waals surface area contributed by atoms with E-state index in [1.54, 1.807) is 0 Å². The van der Waals surface area contributed by atoms with Gasteiger partial charge in [-0.1, -0.05) is 69.6 Å². The topological polar surface area (TPSA) is 0 Å². The third-order valence-electron chi connectivity index (χ3n) is 12.6. The lowest BCUT2D eigenvalue weighted by atomic mass is 9.77. The summed E-state index contributed by atoms with van der Waals surface area (Å²) in [5, 5.41) is 0. The van der Waals surface area contributed by atoms with Crippen LogP contribution in [0.1, 0.15) is 90.9 Å². The van der Waals surface area contributed by atoms with Crippen LogP contribution in [0.2, 0.25) is 0 Å². The second-order valence-electron chi connectivity index (χ2n) is 14.1. The molecule has 0 amide bonds. The maximum absolute atomic E-state index is 2.50. The van der Waals surface area contributed by atoms with Crippen LogP contribution in [0.15, 0.2) is 36.5 Å². The second kappa shape index (κ2) is 7.36. The normalized spacial score (nSPS) is 57.9. The van der Waals surface area contributed by atoms with Gasteiger partial charge in [0.15, 0.2) is 0 Å². The Morgan fingerprint density at radius 3 is 1.41 bits per heavy atom. The molecule has 0 spiro atoms. The minimum absolute atomic E-state index is 0.631. The summed E-state index contributed by atoms with van der Waals surface area (Å²) in [6, 6.07) is 0. The second-order valence-corrected chi connectivity index (χ2v) is 14.1. The molecule has 32 heavy (non-hydrogen) atoms. The molecule has 12 unspecified atom stereocenters. The Labute approximate surface area is 197 Å². The summed E-state index contributed by atoms with van der Waals surface area (Å²) >= 11 is 0. The first-order chi connectivity index (χ1) is 15.5. The number of allylic oxidation sites excluding steroid dienone is 6. The summed E-state index contributed by atoms with van der Waals surface area (Å²) < 4.78 is 0. The molecule has 9 aliphatic carbocycles. The third kappa shape index (κ3) is 2.99. The first-order valence-electron chi connectivity index (χ1n) is 14.6. The van der Waals surface area contributed by atoms with Gasteiger partial charge in [0.2, 0.25) is 0 Å². The van der Waals surface area contributed by atoms with Crippen molar-refractivity contribution in [3.05, 3.63) is 36.5 Å². The summed E-state index contributed by atoms with van der Waals surface area (Å²) in [5.74, 6) is 10.5. The highest BCUT2D eigenvalue weighted by molar-refractivity contribution is 5.22. The fourth-order valence-corrected chi connectivity index (χ4v) is 11.2. The highest BCUT2D eigenvalue weighted by atomic mass is 14.6. The summed E-state index contributed by atoms with van der Waals surface area (Å²) in [7, 11) is 0. The molecule has 0 aromatic rings. The Hall–Kier alpha value is -0.780. The van der Waals surface area contributed by atoms with Crippen LogP contribution in [-0.4, -0.2) is 0 Å². The SMILES string of the molecule is C1=CC2CC1C1CCCC21.CC12C=CC(C1)C1CCCC12.CC12C=CC(C1)C1CCCC12. The Bertz CT molecular complexity index is 765. The Morgan fingerprint density at radius 1 is 0.500 bits per heavy atom. The van der Waals surface area contributed by atoms with Crippen LogP contribution in [0.4, 0.5) is 0 Å². The van der Waals surface area contributed by atoms with Crippen LogP contribution >= 0.6 is 0 Å². The molecular formula is C32H46. The lowest BCUT2D eigenvalue weighted by Gasteiger charge is -2.28. The van der Waals surface area contributed by atoms with Crippen molar-refractivity contribution in [1.29, 1.82) is 0 Å². The van der Waals surface area contributed by atoms with Crippen LogP contribution in [0.5, 0.6) is 0 Å². The van der Waals surface area contributed by atoms with Gasteiger partial charge in [0.25, 0.3) is 0 Å². The van der Waals surface area contributed by atoms with Crippen LogP contribution in [0.25, 0.3) is 0 Å². The van der Waals surface area contributed by atoms with Gasteiger partial charge in [-0.15, -0.1) is 0 Å². The van der Waals surface area contributed by atoms with Crippen molar-refractivity contribution in [3.8, 4) is 0 Å². The maximum atomic E-state index is 2.50. The van der Waals surface area contributed by atoms with Crippen LogP contribution < -0.4 is 0 Å². The molecule has 9 rings (SSSR count). The maximum Gasteiger partial charge on any atom is -0.0110 e. The van der Waals surface area contributed by atoms with E-state index in [2.05, 4.69) is 50.3 Å². The Balaban J connectivity index is 0.0000000847. The van der Waals surface area contributed by atoms with E-state index in [0.29, 0.717) is 10.8 Å². The highest BCUT2D eigenvalue weighted by Gasteiger charge is 2.54. The van der Waals surface area contributed by atoms with E-state index in [4.69, 9.17) is 0 Å². The van der Waals surface area contributed by atoms with E-state index in [1.165, 1.54) is 77.0 Å². The van der Waals surface area contributed by atoms with Crippen molar-refractivity contribution in [3.63, 3.8) is 0 Å². The molecule has 0 radical (unpaired) electrons. The molecule has 0 N–H and O–H groups in total. The zero-order valence-corrected chi connectivity index (χ0v) is 20.7. The quantitative estimate of drug-likeness (QED) is 0.337. The van der Waals surface area contributed by atoms with Gasteiger partial charge in [0.1, 0.15) is 0 Å². The van der Waals surface area contributed by atoms with E-state index >= 15 is 0 Å². The smallest absolute Gasteiger partial charge is 0.0110 e. The van der Waals surface area contributed by atoms with E-state index in [9.17, 15) is 0 Å². The summed E-state index contributed by atoms with van der Waals surface area (Å²) in [6.07, 6.45) is 33.1. The fraction of sp³-hybridized carbons (Fsp3) is 0.812. The molecule has 0 heteroatoms. The fourth-order valence-electron chi connectivity index (χ4n) is 11.2. The van der Waals surface area contributed by atoms with E-state index < -0.39 is 0 Å². The van der Waals surface area contributed by atoms with Crippen molar-refractivity contribution in [2.24, 2.45) is 70.0 Å². The molecule has 9 aliphatic rings. The highest BCUT2D eigenvalue weighted by Crippen LogP contribution is 2.63. The molecule has 0 saturated heterocycles. The van der Waals surface area contributed by atoms with Crippen molar-refractivity contribution >= 4 is 0 Å². The molecule has 12 atom stereocenters. The van der Waals surface area contributed by atoms with Crippen molar-refractivity contribution in [2.75, 3.05) is 0 Å². The summed E-state index contributed by atoms with van der Waals surface area (Å²) in [6.45, 7) is 4.94. The van der Waals surface area contributed by atoms with Crippen LogP contribution in [-0.2, 0) is 0 Å². The van der Waals surface area contributed by atoms with Crippen molar-refractivity contribution in [1.82, 2.24) is 0 Å². The monoisotopic (exact) mass is 430 g/mol. The molecule has 0 aromatic carbocycles. The minimum Gasteiger partial charge on any atom is -0.0848 e. The minimum atomic E-state index is 0.631. The van der Waals surface area contributed by atoms with Gasteiger partial charge < -0.3 is 0 Å². The van der Waals surface area contributed by atoms with Gasteiger partial charge >= 0.3 is 0 Å². The van der Waals surface area contributed by atoms with Gasteiger partial charge in [0, 0.05) is 0 Å². The van der Waals surface area contributed by atoms with Gasteiger partial charge in [-0.05, 0) is 128 Å². The average molecular weight is 431 g/mol. The van der Waals surface area contributed by atoms with Crippen molar-refractivity contribution < 1.29 is 0 Å². The zero-order chi connectivity index (χ0) is 21.5. The van der Waals surface area contributed by atoms with Crippen molar-refractivity contribution in [2.45, 2.75) is 90.9 Å². The number of hydrogen-bond donors (Lipinski definition) is 0. The Morgan fingerprint density at radius 2 is 0.938 bits per heavy atom. The van der Waals surface area contributed by atoms with E-state index in [1.807, 2.05) is 0 Å². The molecule has 6 fully saturated rings. The van der Waals surface area contributed by atoms with Gasteiger partial charge in [0.05, 0.1) is 0 Å². The largest absolute Gasteiger partial charge is 0.0848 e. The molecule has 6 saturated carbocycles. The lowest BCUT2D eigenvalue weighted by molar-refractivity contribution is 0.274. The lowest BCUT2D eigenvalue weighted by Crippen LogP contribution is -2.20. The van der Waals surface area contributed by atoms with Gasteiger partial charge in [-0.25, -0.2) is 0 Å². The molecular weight excluding hydrogens is 384 g/mol. The molecule has 0 aromatic heterocycles. The number of hydrogen-bond acceptors (Lipinski definition) is 0. The molecule has 0 heterocycles. The Kier molecular flexibility index (Phi) is 4.73. The van der Waals surface area contributed by atoms with E-state index in [0.717, 1.165) is 59.2 Å². The van der Waals surface area contributed by atoms with Gasteiger partial charge in [-0.2, -0.15) is 0 Å². The number of rotatable bonds is 0. The van der Waals surface area contributed by atoms with Crippen LogP contribution in [0, 0.1) is 70.0 Å². The molecule has 0 aliphatic heterocycles. The van der Waals surface area contributed by atoms with Crippen LogP contribution in [0.3, 0.4) is 0 Å². The molecule has 174 valence electrons. The predicted octanol–water partition coefficient (Wildman–Crippen LogP) is 8.61. The predicted molar refractivity (Wildman–Crippen MR) is 134 cm³/mol.